The normalized spacial score (nSPS) is 17.4. The molecule has 1 saturated heterocycles. The fraction of sp³-hybridized carbons (Fsp3) is 0.300. The van der Waals surface area contributed by atoms with Gasteiger partial charge in [-0.25, -0.2) is 0 Å². The first-order valence-electron chi connectivity index (χ1n) is 8.88. The summed E-state index contributed by atoms with van der Waals surface area (Å²) in [7, 11) is 0. The quantitative estimate of drug-likeness (QED) is 0.759. The Hall–Kier alpha value is -3.02. The van der Waals surface area contributed by atoms with Crippen molar-refractivity contribution in [2.45, 2.75) is 19.4 Å². The Kier molecular flexibility index (Phi) is 4.48. The van der Waals surface area contributed by atoms with E-state index >= 15 is 0 Å². The van der Waals surface area contributed by atoms with Crippen LogP contribution < -0.4 is 5.32 Å². The number of H-pyrrole nitrogens is 1. The van der Waals surface area contributed by atoms with Gasteiger partial charge in [0.1, 0.15) is 11.5 Å². The van der Waals surface area contributed by atoms with Crippen LogP contribution in [-0.4, -0.2) is 34.8 Å². The van der Waals surface area contributed by atoms with Gasteiger partial charge in [-0.1, -0.05) is 18.2 Å². The lowest BCUT2D eigenvalue weighted by atomic mass is 9.97. The summed E-state index contributed by atoms with van der Waals surface area (Å²) in [5.74, 6) is 0.451. The van der Waals surface area contributed by atoms with Crippen molar-refractivity contribution in [3.63, 3.8) is 0 Å². The molecule has 1 aromatic carbocycles. The standard InChI is InChI=1S/C20H21N3O3/c24-19(21-12-16-7-4-10-26-16)15-6-3-9-23(13-15)20(25)18-11-14-5-1-2-8-17(14)22-18/h1-2,4-5,7-8,10-11,15,22H,3,6,9,12-13H2,(H,21,24). The third-order valence-electron chi connectivity index (χ3n) is 4.86. The Labute approximate surface area is 151 Å². The molecule has 0 spiro atoms. The number of piperidine rings is 1. The van der Waals surface area contributed by atoms with Crippen LogP contribution in [0.4, 0.5) is 0 Å². The maximum absolute atomic E-state index is 12.8. The fourth-order valence-electron chi connectivity index (χ4n) is 3.47. The Morgan fingerprint density at radius 3 is 2.92 bits per heavy atom. The molecular weight excluding hydrogens is 330 g/mol. The van der Waals surface area contributed by atoms with Crippen molar-refractivity contribution in [2.24, 2.45) is 5.92 Å². The van der Waals surface area contributed by atoms with Crippen molar-refractivity contribution in [2.75, 3.05) is 13.1 Å². The maximum Gasteiger partial charge on any atom is 0.270 e. The first-order chi connectivity index (χ1) is 12.7. The zero-order chi connectivity index (χ0) is 17.9. The van der Waals surface area contributed by atoms with Gasteiger partial charge in [0.2, 0.25) is 5.91 Å². The van der Waals surface area contributed by atoms with Crippen molar-refractivity contribution >= 4 is 22.7 Å². The van der Waals surface area contributed by atoms with Gasteiger partial charge >= 0.3 is 0 Å². The van der Waals surface area contributed by atoms with Crippen molar-refractivity contribution < 1.29 is 14.0 Å². The van der Waals surface area contributed by atoms with Gasteiger partial charge in [0.15, 0.2) is 0 Å². The van der Waals surface area contributed by atoms with E-state index < -0.39 is 0 Å². The van der Waals surface area contributed by atoms with Gasteiger partial charge in [0, 0.05) is 24.0 Å². The number of nitrogens with one attached hydrogen (secondary N) is 2. The summed E-state index contributed by atoms with van der Waals surface area (Å²) in [5.41, 5.74) is 1.52. The summed E-state index contributed by atoms with van der Waals surface area (Å²) in [6, 6.07) is 13.3. The summed E-state index contributed by atoms with van der Waals surface area (Å²) in [6.45, 7) is 1.49. The predicted molar refractivity (Wildman–Crippen MR) is 97.5 cm³/mol. The lowest BCUT2D eigenvalue weighted by Crippen LogP contribution is -2.45. The van der Waals surface area contributed by atoms with Crippen LogP contribution in [0.3, 0.4) is 0 Å². The van der Waals surface area contributed by atoms with Gasteiger partial charge < -0.3 is 19.6 Å². The highest BCUT2D eigenvalue weighted by Gasteiger charge is 2.29. The van der Waals surface area contributed by atoms with Crippen LogP contribution in [0.15, 0.2) is 53.1 Å². The van der Waals surface area contributed by atoms with E-state index in [9.17, 15) is 9.59 Å². The molecule has 1 fully saturated rings. The third kappa shape index (κ3) is 3.35. The molecule has 2 aromatic heterocycles. The zero-order valence-corrected chi connectivity index (χ0v) is 14.4. The molecule has 1 unspecified atom stereocenters. The van der Waals surface area contributed by atoms with Crippen molar-refractivity contribution in [1.29, 1.82) is 0 Å². The highest BCUT2D eigenvalue weighted by atomic mass is 16.3. The summed E-state index contributed by atoms with van der Waals surface area (Å²) in [4.78, 5) is 30.2. The maximum atomic E-state index is 12.8. The Balaban J connectivity index is 1.40. The minimum absolute atomic E-state index is 0.0319. The molecule has 0 aliphatic carbocycles. The van der Waals surface area contributed by atoms with E-state index in [4.69, 9.17) is 4.42 Å². The van der Waals surface area contributed by atoms with Crippen LogP contribution >= 0.6 is 0 Å². The molecule has 6 heteroatoms. The number of furan rings is 1. The molecule has 4 rings (SSSR count). The van der Waals surface area contributed by atoms with Gasteiger partial charge in [-0.05, 0) is 37.1 Å². The minimum Gasteiger partial charge on any atom is -0.467 e. The number of hydrogen-bond donors (Lipinski definition) is 2. The molecule has 134 valence electrons. The SMILES string of the molecule is O=C(NCc1ccco1)C1CCCN(C(=O)c2cc3ccccc3[nH]2)C1. The minimum atomic E-state index is -0.188. The molecule has 3 aromatic rings. The topological polar surface area (TPSA) is 78.3 Å². The fourth-order valence-corrected chi connectivity index (χ4v) is 3.47. The van der Waals surface area contributed by atoms with Gasteiger partial charge in [0.05, 0.1) is 18.7 Å². The van der Waals surface area contributed by atoms with E-state index in [-0.39, 0.29) is 17.7 Å². The number of hydrogen-bond acceptors (Lipinski definition) is 3. The van der Waals surface area contributed by atoms with Crippen molar-refractivity contribution in [3.8, 4) is 0 Å². The van der Waals surface area contributed by atoms with Gasteiger partial charge in [0.25, 0.3) is 5.91 Å². The number of carbonyl (C=O) groups excluding carboxylic acids is 2. The Bertz CT molecular complexity index is 880. The second kappa shape index (κ2) is 7.07. The van der Waals surface area contributed by atoms with Crippen LogP contribution in [0.2, 0.25) is 0 Å². The van der Waals surface area contributed by atoms with Gasteiger partial charge in [-0.3, -0.25) is 9.59 Å². The number of carbonyl (C=O) groups is 2. The zero-order valence-electron chi connectivity index (χ0n) is 14.4. The number of fused-ring (bicyclic) bond motifs is 1. The number of nitrogens with zero attached hydrogens (tertiary/aromatic N) is 1. The molecule has 26 heavy (non-hydrogen) atoms. The summed E-state index contributed by atoms with van der Waals surface area (Å²) >= 11 is 0. The van der Waals surface area contributed by atoms with E-state index in [0.29, 0.717) is 25.3 Å². The number of rotatable bonds is 4. The molecular formula is C20H21N3O3. The van der Waals surface area contributed by atoms with Crippen LogP contribution in [0.25, 0.3) is 10.9 Å². The summed E-state index contributed by atoms with van der Waals surface area (Å²) in [5, 5.41) is 3.91. The first-order valence-corrected chi connectivity index (χ1v) is 8.88. The van der Waals surface area contributed by atoms with E-state index in [1.54, 1.807) is 17.2 Å². The highest BCUT2D eigenvalue weighted by molar-refractivity contribution is 5.98. The molecule has 6 nitrogen and oxygen atoms in total. The molecule has 1 atom stereocenters. The van der Waals surface area contributed by atoms with Crippen LogP contribution in [0.5, 0.6) is 0 Å². The Morgan fingerprint density at radius 1 is 1.23 bits per heavy atom. The number of benzene rings is 1. The predicted octanol–water partition coefficient (Wildman–Crippen LogP) is 2.93. The van der Waals surface area contributed by atoms with Crippen molar-refractivity contribution in [3.05, 3.63) is 60.2 Å². The second-order valence-electron chi connectivity index (χ2n) is 6.66. The number of aromatic amines is 1. The van der Waals surface area contributed by atoms with Crippen molar-refractivity contribution in [1.82, 2.24) is 15.2 Å². The lowest BCUT2D eigenvalue weighted by Gasteiger charge is -2.31. The van der Waals surface area contributed by atoms with E-state index in [1.807, 2.05) is 36.4 Å². The monoisotopic (exact) mass is 351 g/mol. The highest BCUT2D eigenvalue weighted by Crippen LogP contribution is 2.21. The number of para-hydroxylation sites is 1. The first kappa shape index (κ1) is 16.4. The average molecular weight is 351 g/mol. The van der Waals surface area contributed by atoms with Gasteiger partial charge in [-0.2, -0.15) is 0 Å². The molecule has 1 aliphatic heterocycles. The van der Waals surface area contributed by atoms with Crippen LogP contribution in [-0.2, 0) is 11.3 Å². The molecule has 0 bridgehead atoms. The molecule has 1 aliphatic rings. The number of amides is 2. The van der Waals surface area contributed by atoms with Gasteiger partial charge in [-0.15, -0.1) is 0 Å². The molecule has 2 N–H and O–H groups in total. The summed E-state index contributed by atoms with van der Waals surface area (Å²) < 4.78 is 5.23. The molecule has 3 heterocycles. The third-order valence-corrected chi connectivity index (χ3v) is 4.86. The summed E-state index contributed by atoms with van der Waals surface area (Å²) in [6.07, 6.45) is 3.20. The molecule has 0 radical (unpaired) electrons. The molecule has 0 saturated carbocycles. The Morgan fingerprint density at radius 2 is 2.12 bits per heavy atom. The smallest absolute Gasteiger partial charge is 0.270 e. The lowest BCUT2D eigenvalue weighted by molar-refractivity contribution is -0.126. The molecule has 2 amide bonds. The second-order valence-corrected chi connectivity index (χ2v) is 6.66. The van der Waals surface area contributed by atoms with Crippen LogP contribution in [0, 0.1) is 5.92 Å². The number of aromatic nitrogens is 1. The van der Waals surface area contributed by atoms with E-state index in [2.05, 4.69) is 10.3 Å². The largest absolute Gasteiger partial charge is 0.467 e. The average Bonchev–Trinajstić information content (AvgIpc) is 3.35. The number of likely N-dealkylation sites (tertiary alicyclic amines) is 1. The van der Waals surface area contributed by atoms with E-state index in [0.717, 1.165) is 29.5 Å². The van der Waals surface area contributed by atoms with E-state index in [1.165, 1.54) is 0 Å². The van der Waals surface area contributed by atoms with Crippen LogP contribution in [0.1, 0.15) is 29.1 Å².